The molecule has 6 heteroatoms. The summed E-state index contributed by atoms with van der Waals surface area (Å²) >= 11 is 0. The van der Waals surface area contributed by atoms with E-state index in [2.05, 4.69) is 28.6 Å². The fourth-order valence-corrected chi connectivity index (χ4v) is 3.29. The maximum Gasteiger partial charge on any atom is 0.270 e. The first kappa shape index (κ1) is 14.8. The molecule has 0 N–H and O–H groups in total. The molecule has 1 amide bonds. The van der Waals surface area contributed by atoms with Crippen LogP contribution in [0.15, 0.2) is 18.3 Å². The van der Waals surface area contributed by atoms with E-state index in [9.17, 15) is 4.79 Å². The fraction of sp³-hybridized carbons (Fsp3) is 0.562. The first-order valence-electron chi connectivity index (χ1n) is 7.78. The SMILES string of the molecule is Cc1nnc2n1[C@@H](CC(C)C)CN(C(=O)c1cccn1C)C2. The fourth-order valence-electron chi connectivity index (χ4n) is 3.29. The van der Waals surface area contributed by atoms with Gasteiger partial charge in [-0.25, -0.2) is 0 Å². The van der Waals surface area contributed by atoms with Crippen LogP contribution >= 0.6 is 0 Å². The van der Waals surface area contributed by atoms with E-state index in [0.717, 1.165) is 18.1 Å². The minimum Gasteiger partial charge on any atom is -0.347 e. The van der Waals surface area contributed by atoms with Gasteiger partial charge in [0.2, 0.25) is 0 Å². The highest BCUT2D eigenvalue weighted by Gasteiger charge is 2.31. The van der Waals surface area contributed by atoms with Crippen LogP contribution in [0.25, 0.3) is 0 Å². The summed E-state index contributed by atoms with van der Waals surface area (Å²) in [6.07, 6.45) is 2.91. The summed E-state index contributed by atoms with van der Waals surface area (Å²) in [4.78, 5) is 14.7. The van der Waals surface area contributed by atoms with Gasteiger partial charge in [-0.2, -0.15) is 0 Å². The molecule has 22 heavy (non-hydrogen) atoms. The van der Waals surface area contributed by atoms with Crippen molar-refractivity contribution in [1.82, 2.24) is 24.2 Å². The predicted molar refractivity (Wildman–Crippen MR) is 83.4 cm³/mol. The first-order valence-corrected chi connectivity index (χ1v) is 7.78. The second-order valence-electron chi connectivity index (χ2n) is 6.51. The van der Waals surface area contributed by atoms with Gasteiger partial charge in [0.1, 0.15) is 11.5 Å². The zero-order valence-electron chi connectivity index (χ0n) is 13.7. The van der Waals surface area contributed by atoms with Gasteiger partial charge in [-0.15, -0.1) is 10.2 Å². The third-order valence-corrected chi connectivity index (χ3v) is 4.26. The molecular formula is C16H23N5O. The molecule has 2 aromatic rings. The standard InChI is InChI=1S/C16H23N5O/c1-11(2)8-13-9-20(10-15-18-17-12(3)21(13)15)16(22)14-6-5-7-19(14)4/h5-7,11,13H,8-10H2,1-4H3/t13-/m0/s1. The summed E-state index contributed by atoms with van der Waals surface area (Å²) in [6.45, 7) is 7.64. The van der Waals surface area contributed by atoms with Crippen molar-refractivity contribution in [2.45, 2.75) is 39.8 Å². The van der Waals surface area contributed by atoms with E-state index >= 15 is 0 Å². The van der Waals surface area contributed by atoms with Crippen molar-refractivity contribution in [3.63, 3.8) is 0 Å². The van der Waals surface area contributed by atoms with Gasteiger partial charge in [0.05, 0.1) is 12.6 Å². The minimum absolute atomic E-state index is 0.0631. The summed E-state index contributed by atoms with van der Waals surface area (Å²) in [6, 6.07) is 4.02. The van der Waals surface area contributed by atoms with Gasteiger partial charge in [-0.05, 0) is 31.4 Å². The summed E-state index contributed by atoms with van der Waals surface area (Å²) in [5, 5.41) is 8.46. The van der Waals surface area contributed by atoms with Crippen molar-refractivity contribution >= 4 is 5.91 Å². The quantitative estimate of drug-likeness (QED) is 0.873. The van der Waals surface area contributed by atoms with Crippen LogP contribution in [0.5, 0.6) is 0 Å². The molecule has 0 fully saturated rings. The topological polar surface area (TPSA) is 56.0 Å². The summed E-state index contributed by atoms with van der Waals surface area (Å²) in [5.41, 5.74) is 0.716. The Balaban J connectivity index is 1.90. The molecule has 0 unspecified atom stereocenters. The molecule has 3 heterocycles. The Bertz CT molecular complexity index is 685. The average molecular weight is 301 g/mol. The maximum absolute atomic E-state index is 12.8. The third kappa shape index (κ3) is 2.53. The van der Waals surface area contributed by atoms with Gasteiger partial charge in [0.25, 0.3) is 5.91 Å². The van der Waals surface area contributed by atoms with Crippen LogP contribution in [-0.2, 0) is 13.6 Å². The highest BCUT2D eigenvalue weighted by molar-refractivity contribution is 5.92. The number of hydrogen-bond donors (Lipinski definition) is 0. The van der Waals surface area contributed by atoms with Gasteiger partial charge in [-0.1, -0.05) is 13.8 Å². The van der Waals surface area contributed by atoms with E-state index in [-0.39, 0.29) is 11.9 Å². The van der Waals surface area contributed by atoms with Crippen molar-refractivity contribution in [2.75, 3.05) is 6.54 Å². The van der Waals surface area contributed by atoms with Crippen molar-refractivity contribution in [3.05, 3.63) is 35.7 Å². The lowest BCUT2D eigenvalue weighted by atomic mass is 10.0. The molecule has 6 nitrogen and oxygen atoms in total. The molecule has 0 bridgehead atoms. The highest BCUT2D eigenvalue weighted by Crippen LogP contribution is 2.27. The predicted octanol–water partition coefficient (Wildman–Crippen LogP) is 2.17. The normalized spacial score (nSPS) is 17.9. The maximum atomic E-state index is 12.8. The Kier molecular flexibility index (Phi) is 3.76. The van der Waals surface area contributed by atoms with E-state index in [4.69, 9.17) is 0 Å². The van der Waals surface area contributed by atoms with Crippen molar-refractivity contribution in [3.8, 4) is 0 Å². The number of nitrogens with zero attached hydrogens (tertiary/aromatic N) is 5. The van der Waals surface area contributed by atoms with E-state index in [1.54, 1.807) is 0 Å². The number of hydrogen-bond acceptors (Lipinski definition) is 3. The number of rotatable bonds is 3. The molecule has 3 rings (SSSR count). The van der Waals surface area contributed by atoms with Crippen LogP contribution in [0, 0.1) is 12.8 Å². The molecule has 0 spiro atoms. The van der Waals surface area contributed by atoms with Crippen LogP contribution in [0.3, 0.4) is 0 Å². The van der Waals surface area contributed by atoms with Gasteiger partial charge in [0, 0.05) is 19.8 Å². The third-order valence-electron chi connectivity index (χ3n) is 4.26. The monoisotopic (exact) mass is 301 g/mol. The number of carbonyl (C=O) groups excluding carboxylic acids is 1. The summed E-state index contributed by atoms with van der Waals surface area (Å²) in [5.74, 6) is 2.45. The molecule has 0 radical (unpaired) electrons. The molecule has 1 atom stereocenters. The van der Waals surface area contributed by atoms with Gasteiger partial charge < -0.3 is 14.0 Å². The molecule has 1 aliphatic rings. The van der Waals surface area contributed by atoms with Crippen LogP contribution < -0.4 is 0 Å². The Morgan fingerprint density at radius 1 is 1.41 bits per heavy atom. The molecule has 0 aromatic carbocycles. The highest BCUT2D eigenvalue weighted by atomic mass is 16.2. The molecule has 118 valence electrons. The van der Waals surface area contributed by atoms with Crippen molar-refractivity contribution in [2.24, 2.45) is 13.0 Å². The number of aromatic nitrogens is 4. The van der Waals surface area contributed by atoms with Gasteiger partial charge >= 0.3 is 0 Å². The van der Waals surface area contributed by atoms with Crippen LogP contribution in [0.1, 0.15) is 48.4 Å². The van der Waals surface area contributed by atoms with Crippen molar-refractivity contribution < 1.29 is 4.79 Å². The lowest BCUT2D eigenvalue weighted by Crippen LogP contribution is -2.42. The number of carbonyl (C=O) groups is 1. The smallest absolute Gasteiger partial charge is 0.270 e. The van der Waals surface area contributed by atoms with E-state index in [1.807, 2.05) is 41.8 Å². The summed E-state index contributed by atoms with van der Waals surface area (Å²) < 4.78 is 4.07. The zero-order chi connectivity index (χ0) is 15.9. The second-order valence-corrected chi connectivity index (χ2v) is 6.51. The Labute approximate surface area is 130 Å². The number of amides is 1. The Morgan fingerprint density at radius 3 is 2.82 bits per heavy atom. The molecular weight excluding hydrogens is 278 g/mol. The minimum atomic E-state index is 0.0631. The summed E-state index contributed by atoms with van der Waals surface area (Å²) in [7, 11) is 1.90. The van der Waals surface area contributed by atoms with Crippen LogP contribution in [0.2, 0.25) is 0 Å². The molecule has 2 aromatic heterocycles. The van der Waals surface area contributed by atoms with Crippen LogP contribution in [-0.4, -0.2) is 36.7 Å². The second kappa shape index (κ2) is 5.59. The van der Waals surface area contributed by atoms with Crippen molar-refractivity contribution in [1.29, 1.82) is 0 Å². The first-order chi connectivity index (χ1) is 10.5. The molecule has 0 aliphatic carbocycles. The Hall–Kier alpha value is -2.11. The average Bonchev–Trinajstić information content (AvgIpc) is 3.04. The van der Waals surface area contributed by atoms with E-state index in [0.29, 0.717) is 24.7 Å². The lowest BCUT2D eigenvalue weighted by molar-refractivity contribution is 0.0651. The molecule has 0 saturated heterocycles. The van der Waals surface area contributed by atoms with E-state index < -0.39 is 0 Å². The van der Waals surface area contributed by atoms with Gasteiger partial charge in [-0.3, -0.25) is 4.79 Å². The number of aryl methyl sites for hydroxylation is 2. The van der Waals surface area contributed by atoms with E-state index in [1.165, 1.54) is 0 Å². The Morgan fingerprint density at radius 2 is 2.18 bits per heavy atom. The molecule has 1 aliphatic heterocycles. The van der Waals surface area contributed by atoms with Gasteiger partial charge in [0.15, 0.2) is 5.82 Å². The number of fused-ring (bicyclic) bond motifs is 1. The zero-order valence-corrected chi connectivity index (χ0v) is 13.7. The van der Waals surface area contributed by atoms with Crippen LogP contribution in [0.4, 0.5) is 0 Å². The molecule has 0 saturated carbocycles. The largest absolute Gasteiger partial charge is 0.347 e. The lowest BCUT2D eigenvalue weighted by Gasteiger charge is -2.35.